The largest absolute Gasteiger partial charge is 0.395 e. The Morgan fingerprint density at radius 3 is 2.60 bits per heavy atom. The third-order valence-corrected chi connectivity index (χ3v) is 2.52. The number of benzene rings is 1. The van der Waals surface area contributed by atoms with Crippen molar-refractivity contribution in [1.82, 2.24) is 0 Å². The van der Waals surface area contributed by atoms with Gasteiger partial charge in [0.2, 0.25) is 0 Å². The Balaban J connectivity index is 2.99. The van der Waals surface area contributed by atoms with Gasteiger partial charge in [-0.2, -0.15) is 0 Å². The molecular weight excluding hydrogens is 188 g/mol. The number of anilines is 1. The number of aliphatic hydroxyl groups is 1. The van der Waals surface area contributed by atoms with E-state index >= 15 is 0 Å². The van der Waals surface area contributed by atoms with Gasteiger partial charge in [-0.1, -0.05) is 18.2 Å². The third kappa shape index (κ3) is 2.94. The highest BCUT2D eigenvalue weighted by Gasteiger charge is 2.10. The monoisotopic (exact) mass is 208 g/mol. The van der Waals surface area contributed by atoms with Gasteiger partial charge < -0.3 is 15.7 Å². The van der Waals surface area contributed by atoms with Crippen LogP contribution in [0.4, 0.5) is 5.69 Å². The molecule has 1 rings (SSSR count). The molecule has 3 N–H and O–H groups in total. The van der Waals surface area contributed by atoms with Crippen LogP contribution in [0.1, 0.15) is 25.5 Å². The van der Waals surface area contributed by atoms with Gasteiger partial charge in [-0.25, -0.2) is 0 Å². The molecule has 1 aromatic rings. The minimum Gasteiger partial charge on any atom is -0.395 e. The molecule has 0 bridgehead atoms. The number of hydrogen-bond acceptors (Lipinski definition) is 3. The van der Waals surface area contributed by atoms with Crippen LogP contribution in [0.3, 0.4) is 0 Å². The summed E-state index contributed by atoms with van der Waals surface area (Å²) in [6.07, 6.45) is 0. The van der Waals surface area contributed by atoms with Gasteiger partial charge in [0.05, 0.1) is 6.61 Å². The van der Waals surface area contributed by atoms with E-state index in [2.05, 4.69) is 17.9 Å². The zero-order valence-corrected chi connectivity index (χ0v) is 9.48. The number of nitrogens with two attached hydrogens (primary N) is 1. The van der Waals surface area contributed by atoms with Gasteiger partial charge in [-0.15, -0.1) is 0 Å². The van der Waals surface area contributed by atoms with Gasteiger partial charge >= 0.3 is 0 Å². The second kappa shape index (κ2) is 5.73. The number of likely N-dealkylation sites (N-methyl/N-ethyl adjacent to an activating group) is 1. The van der Waals surface area contributed by atoms with Crippen molar-refractivity contribution in [3.05, 3.63) is 29.8 Å². The van der Waals surface area contributed by atoms with E-state index in [0.29, 0.717) is 6.54 Å². The summed E-state index contributed by atoms with van der Waals surface area (Å²) < 4.78 is 0. The van der Waals surface area contributed by atoms with Crippen molar-refractivity contribution in [2.24, 2.45) is 5.73 Å². The Bertz CT molecular complexity index is 299. The van der Waals surface area contributed by atoms with Crippen molar-refractivity contribution in [3.8, 4) is 0 Å². The van der Waals surface area contributed by atoms with Crippen LogP contribution in [0.2, 0.25) is 0 Å². The highest BCUT2D eigenvalue weighted by molar-refractivity contribution is 5.54. The summed E-state index contributed by atoms with van der Waals surface area (Å²) in [6, 6.07) is 8.11. The first-order chi connectivity index (χ1) is 7.20. The molecule has 0 aliphatic heterocycles. The number of nitrogens with zero attached hydrogens (tertiary/aromatic N) is 1. The molecule has 0 fully saturated rings. The van der Waals surface area contributed by atoms with Gasteiger partial charge in [-0.05, 0) is 25.5 Å². The van der Waals surface area contributed by atoms with Crippen molar-refractivity contribution in [3.63, 3.8) is 0 Å². The quantitative estimate of drug-likeness (QED) is 0.771. The molecule has 0 aromatic heterocycles. The summed E-state index contributed by atoms with van der Waals surface area (Å²) in [5, 5.41) is 8.99. The third-order valence-electron chi connectivity index (χ3n) is 2.52. The topological polar surface area (TPSA) is 49.5 Å². The maximum absolute atomic E-state index is 8.99. The van der Waals surface area contributed by atoms with E-state index in [1.54, 1.807) is 0 Å². The SMILES string of the molecule is CCN(CCO)c1ccccc1[C@@H](C)N. The molecular formula is C12H20N2O. The summed E-state index contributed by atoms with van der Waals surface area (Å²) >= 11 is 0. The maximum Gasteiger partial charge on any atom is 0.0606 e. The fraction of sp³-hybridized carbons (Fsp3) is 0.500. The van der Waals surface area contributed by atoms with Crippen LogP contribution in [0, 0.1) is 0 Å². The summed E-state index contributed by atoms with van der Waals surface area (Å²) in [5.74, 6) is 0. The van der Waals surface area contributed by atoms with E-state index in [9.17, 15) is 0 Å². The van der Waals surface area contributed by atoms with E-state index in [4.69, 9.17) is 10.8 Å². The Labute approximate surface area is 91.5 Å². The van der Waals surface area contributed by atoms with Crippen molar-refractivity contribution in [2.45, 2.75) is 19.9 Å². The number of rotatable bonds is 5. The lowest BCUT2D eigenvalue weighted by atomic mass is 10.1. The zero-order chi connectivity index (χ0) is 11.3. The van der Waals surface area contributed by atoms with Crippen molar-refractivity contribution < 1.29 is 5.11 Å². The first-order valence-electron chi connectivity index (χ1n) is 5.41. The van der Waals surface area contributed by atoms with Crippen LogP contribution in [0.25, 0.3) is 0 Å². The van der Waals surface area contributed by atoms with Gasteiger partial charge in [0.1, 0.15) is 0 Å². The summed E-state index contributed by atoms with van der Waals surface area (Å²) in [6.45, 7) is 5.75. The van der Waals surface area contributed by atoms with Crippen LogP contribution in [0.15, 0.2) is 24.3 Å². The highest BCUT2D eigenvalue weighted by atomic mass is 16.3. The van der Waals surface area contributed by atoms with Crippen molar-refractivity contribution in [1.29, 1.82) is 0 Å². The molecule has 0 heterocycles. The van der Waals surface area contributed by atoms with E-state index in [1.807, 2.05) is 25.1 Å². The van der Waals surface area contributed by atoms with Crippen LogP contribution >= 0.6 is 0 Å². The lowest BCUT2D eigenvalue weighted by Crippen LogP contribution is -2.28. The molecule has 0 saturated carbocycles. The van der Waals surface area contributed by atoms with Gasteiger partial charge in [0, 0.05) is 24.8 Å². The molecule has 0 aliphatic carbocycles. The van der Waals surface area contributed by atoms with Gasteiger partial charge in [0.15, 0.2) is 0 Å². The van der Waals surface area contributed by atoms with Gasteiger partial charge in [-0.3, -0.25) is 0 Å². The van der Waals surface area contributed by atoms with Crippen LogP contribution in [-0.4, -0.2) is 24.8 Å². The first-order valence-corrected chi connectivity index (χ1v) is 5.41. The Morgan fingerprint density at radius 1 is 1.40 bits per heavy atom. The Hall–Kier alpha value is -1.06. The Morgan fingerprint density at radius 2 is 2.07 bits per heavy atom. The highest BCUT2D eigenvalue weighted by Crippen LogP contribution is 2.24. The number of hydrogen-bond donors (Lipinski definition) is 2. The molecule has 84 valence electrons. The molecule has 0 radical (unpaired) electrons. The van der Waals surface area contributed by atoms with Crippen molar-refractivity contribution in [2.75, 3.05) is 24.6 Å². The zero-order valence-electron chi connectivity index (χ0n) is 9.48. The minimum atomic E-state index is 0.0222. The van der Waals surface area contributed by atoms with Crippen LogP contribution in [0.5, 0.6) is 0 Å². The number of aliphatic hydroxyl groups excluding tert-OH is 1. The summed E-state index contributed by atoms with van der Waals surface area (Å²) in [7, 11) is 0. The first kappa shape index (κ1) is 12.0. The Kier molecular flexibility index (Phi) is 4.59. The normalized spacial score (nSPS) is 12.5. The molecule has 1 aromatic carbocycles. The average Bonchev–Trinajstić information content (AvgIpc) is 2.26. The lowest BCUT2D eigenvalue weighted by molar-refractivity contribution is 0.302. The fourth-order valence-electron chi connectivity index (χ4n) is 1.73. The summed E-state index contributed by atoms with van der Waals surface area (Å²) in [5.41, 5.74) is 8.17. The smallest absolute Gasteiger partial charge is 0.0606 e. The molecule has 0 saturated heterocycles. The standard InChI is InChI=1S/C12H20N2O/c1-3-14(8-9-15)12-7-5-4-6-11(12)10(2)13/h4-7,10,15H,3,8-9,13H2,1-2H3/t10-/m1/s1. The molecule has 3 nitrogen and oxygen atoms in total. The number of para-hydroxylation sites is 1. The van der Waals surface area contributed by atoms with E-state index in [-0.39, 0.29) is 12.6 Å². The predicted octanol–water partition coefficient (Wildman–Crippen LogP) is 1.52. The average molecular weight is 208 g/mol. The van der Waals surface area contributed by atoms with E-state index in [0.717, 1.165) is 17.8 Å². The fourth-order valence-corrected chi connectivity index (χ4v) is 1.73. The predicted molar refractivity (Wildman–Crippen MR) is 64.0 cm³/mol. The summed E-state index contributed by atoms with van der Waals surface area (Å²) in [4.78, 5) is 2.14. The molecule has 15 heavy (non-hydrogen) atoms. The van der Waals surface area contributed by atoms with E-state index in [1.165, 1.54) is 0 Å². The molecule has 3 heteroatoms. The van der Waals surface area contributed by atoms with Crippen molar-refractivity contribution >= 4 is 5.69 Å². The molecule has 0 amide bonds. The van der Waals surface area contributed by atoms with Crippen LogP contribution in [-0.2, 0) is 0 Å². The second-order valence-corrected chi connectivity index (χ2v) is 3.65. The van der Waals surface area contributed by atoms with Crippen LogP contribution < -0.4 is 10.6 Å². The molecule has 1 atom stereocenters. The minimum absolute atomic E-state index is 0.0222. The second-order valence-electron chi connectivity index (χ2n) is 3.65. The molecule has 0 unspecified atom stereocenters. The maximum atomic E-state index is 8.99. The van der Waals surface area contributed by atoms with E-state index < -0.39 is 0 Å². The molecule has 0 spiro atoms. The van der Waals surface area contributed by atoms with Gasteiger partial charge in [0.25, 0.3) is 0 Å². The lowest BCUT2D eigenvalue weighted by Gasteiger charge is -2.26. The molecule has 0 aliphatic rings.